The van der Waals surface area contributed by atoms with E-state index < -0.39 is 0 Å². The monoisotopic (exact) mass is 265 g/mol. The number of hydrogen-bond acceptors (Lipinski definition) is 4. The molecule has 1 aromatic carbocycles. The smallest absolute Gasteiger partial charge is 0.249 e. The fourth-order valence-corrected chi connectivity index (χ4v) is 2.24. The van der Waals surface area contributed by atoms with Crippen molar-refractivity contribution in [3.8, 4) is 11.5 Å². The van der Waals surface area contributed by atoms with E-state index in [1.807, 2.05) is 18.2 Å². The number of ether oxygens (including phenoxy) is 2. The van der Waals surface area contributed by atoms with Crippen molar-refractivity contribution >= 4 is 5.91 Å². The number of carbonyl (C=O) groups is 1. The van der Waals surface area contributed by atoms with Gasteiger partial charge in [-0.2, -0.15) is 0 Å². The van der Waals surface area contributed by atoms with Crippen LogP contribution in [0.15, 0.2) is 18.2 Å². The standard InChI is InChI=1S/C14H19NO4/c1-15(19-4)14(16)11-8-10(11)9-5-6-12(17-2)13(7-9)18-3/h5-7,10-11H,8H2,1-4H3. The largest absolute Gasteiger partial charge is 0.493 e. The molecule has 2 rings (SSSR count). The molecule has 2 unspecified atom stereocenters. The van der Waals surface area contributed by atoms with E-state index in [4.69, 9.17) is 14.3 Å². The van der Waals surface area contributed by atoms with Crippen LogP contribution in [0.5, 0.6) is 11.5 Å². The van der Waals surface area contributed by atoms with Gasteiger partial charge >= 0.3 is 0 Å². The summed E-state index contributed by atoms with van der Waals surface area (Å²) >= 11 is 0. The van der Waals surface area contributed by atoms with Gasteiger partial charge in [-0.05, 0) is 30.0 Å². The predicted octanol–water partition coefficient (Wildman–Crippen LogP) is 1.83. The minimum absolute atomic E-state index is 0.00283. The highest BCUT2D eigenvalue weighted by molar-refractivity contribution is 5.82. The second-order valence-electron chi connectivity index (χ2n) is 4.58. The molecular weight excluding hydrogens is 246 g/mol. The number of methoxy groups -OCH3 is 2. The predicted molar refractivity (Wildman–Crippen MR) is 70.2 cm³/mol. The SMILES string of the molecule is COc1ccc(C2CC2C(=O)N(C)OC)cc1OC. The van der Waals surface area contributed by atoms with Crippen LogP contribution in [-0.4, -0.2) is 39.3 Å². The van der Waals surface area contributed by atoms with Gasteiger partial charge in [0, 0.05) is 13.0 Å². The Labute approximate surface area is 113 Å². The molecule has 0 aromatic heterocycles. The number of hydroxylamine groups is 2. The lowest BCUT2D eigenvalue weighted by Crippen LogP contribution is -2.27. The van der Waals surface area contributed by atoms with Crippen LogP contribution >= 0.6 is 0 Å². The number of hydrogen-bond donors (Lipinski definition) is 0. The average Bonchev–Trinajstić information content (AvgIpc) is 3.25. The molecule has 5 heteroatoms. The lowest BCUT2D eigenvalue weighted by atomic mass is 10.1. The Balaban J connectivity index is 2.11. The Morgan fingerprint density at radius 1 is 1.21 bits per heavy atom. The van der Waals surface area contributed by atoms with Gasteiger partial charge in [0.15, 0.2) is 11.5 Å². The fourth-order valence-electron chi connectivity index (χ4n) is 2.24. The number of nitrogens with zero attached hydrogens (tertiary/aromatic N) is 1. The van der Waals surface area contributed by atoms with Gasteiger partial charge in [0.25, 0.3) is 0 Å². The molecule has 1 amide bonds. The molecule has 0 heterocycles. The summed E-state index contributed by atoms with van der Waals surface area (Å²) in [5.41, 5.74) is 1.10. The van der Waals surface area contributed by atoms with Crippen molar-refractivity contribution in [2.75, 3.05) is 28.4 Å². The Hall–Kier alpha value is -1.75. The number of benzene rings is 1. The summed E-state index contributed by atoms with van der Waals surface area (Å²) < 4.78 is 10.5. The van der Waals surface area contributed by atoms with Gasteiger partial charge in [0.05, 0.1) is 21.3 Å². The van der Waals surface area contributed by atoms with Crippen molar-refractivity contribution in [3.05, 3.63) is 23.8 Å². The van der Waals surface area contributed by atoms with Crippen LogP contribution in [0.1, 0.15) is 17.9 Å². The summed E-state index contributed by atoms with van der Waals surface area (Å²) in [6, 6.07) is 5.78. The van der Waals surface area contributed by atoms with E-state index in [2.05, 4.69) is 0 Å². The fraction of sp³-hybridized carbons (Fsp3) is 0.500. The molecule has 1 fully saturated rings. The zero-order valence-electron chi connectivity index (χ0n) is 11.7. The highest BCUT2D eigenvalue weighted by Crippen LogP contribution is 2.49. The molecule has 5 nitrogen and oxygen atoms in total. The summed E-state index contributed by atoms with van der Waals surface area (Å²) in [4.78, 5) is 16.9. The van der Waals surface area contributed by atoms with Crippen LogP contribution in [0, 0.1) is 5.92 Å². The summed E-state index contributed by atoms with van der Waals surface area (Å²) in [5.74, 6) is 1.65. The summed E-state index contributed by atoms with van der Waals surface area (Å²) in [7, 11) is 6.34. The Bertz CT molecular complexity index is 475. The topological polar surface area (TPSA) is 48.0 Å². The van der Waals surface area contributed by atoms with Gasteiger partial charge in [-0.1, -0.05) is 6.07 Å². The number of amides is 1. The van der Waals surface area contributed by atoms with Crippen LogP contribution in [-0.2, 0) is 9.63 Å². The molecule has 0 N–H and O–H groups in total. The quantitative estimate of drug-likeness (QED) is 0.762. The lowest BCUT2D eigenvalue weighted by molar-refractivity contribution is -0.170. The molecule has 0 aliphatic heterocycles. The zero-order chi connectivity index (χ0) is 14.0. The first-order valence-electron chi connectivity index (χ1n) is 6.16. The normalized spacial score (nSPS) is 20.8. The van der Waals surface area contributed by atoms with Gasteiger partial charge in [-0.3, -0.25) is 9.63 Å². The third-order valence-corrected chi connectivity index (χ3v) is 3.53. The molecular formula is C14H19NO4. The molecule has 1 aliphatic rings. The highest BCUT2D eigenvalue weighted by Gasteiger charge is 2.45. The Morgan fingerprint density at radius 3 is 2.47 bits per heavy atom. The van der Waals surface area contributed by atoms with Crippen LogP contribution in [0.4, 0.5) is 0 Å². The van der Waals surface area contributed by atoms with Gasteiger partial charge in [0.1, 0.15) is 0 Å². The van der Waals surface area contributed by atoms with E-state index in [-0.39, 0.29) is 17.7 Å². The summed E-state index contributed by atoms with van der Waals surface area (Å²) in [5, 5.41) is 1.28. The minimum atomic E-state index is 0.00283. The van der Waals surface area contributed by atoms with Crippen LogP contribution in [0.3, 0.4) is 0 Å². The third-order valence-electron chi connectivity index (χ3n) is 3.53. The second-order valence-corrected chi connectivity index (χ2v) is 4.58. The maximum Gasteiger partial charge on any atom is 0.249 e. The molecule has 1 aliphatic carbocycles. The first-order valence-corrected chi connectivity index (χ1v) is 6.16. The highest BCUT2D eigenvalue weighted by atomic mass is 16.7. The van der Waals surface area contributed by atoms with Crippen molar-refractivity contribution in [2.24, 2.45) is 5.92 Å². The first kappa shape index (κ1) is 13.7. The number of carbonyl (C=O) groups excluding carboxylic acids is 1. The minimum Gasteiger partial charge on any atom is -0.493 e. The van der Waals surface area contributed by atoms with Gasteiger partial charge < -0.3 is 9.47 Å². The van der Waals surface area contributed by atoms with E-state index in [1.165, 1.54) is 12.2 Å². The average molecular weight is 265 g/mol. The molecule has 1 saturated carbocycles. The van der Waals surface area contributed by atoms with Crippen molar-refractivity contribution in [3.63, 3.8) is 0 Å². The van der Waals surface area contributed by atoms with Crippen LogP contribution in [0.25, 0.3) is 0 Å². The van der Waals surface area contributed by atoms with E-state index in [0.29, 0.717) is 11.5 Å². The van der Waals surface area contributed by atoms with Crippen molar-refractivity contribution < 1.29 is 19.1 Å². The molecule has 104 valence electrons. The zero-order valence-corrected chi connectivity index (χ0v) is 11.7. The van der Waals surface area contributed by atoms with E-state index in [9.17, 15) is 4.79 Å². The van der Waals surface area contributed by atoms with Crippen molar-refractivity contribution in [1.82, 2.24) is 5.06 Å². The summed E-state index contributed by atoms with van der Waals surface area (Å²) in [6.07, 6.45) is 0.849. The van der Waals surface area contributed by atoms with Crippen molar-refractivity contribution in [2.45, 2.75) is 12.3 Å². The maximum atomic E-state index is 11.9. The lowest BCUT2D eigenvalue weighted by Gasteiger charge is -2.13. The number of rotatable bonds is 5. The Kier molecular flexibility index (Phi) is 3.95. The van der Waals surface area contributed by atoms with Gasteiger partial charge in [-0.15, -0.1) is 0 Å². The molecule has 0 saturated heterocycles. The Morgan fingerprint density at radius 2 is 1.89 bits per heavy atom. The molecule has 1 aromatic rings. The maximum absolute atomic E-state index is 11.9. The molecule has 0 bridgehead atoms. The van der Waals surface area contributed by atoms with Crippen LogP contribution in [0.2, 0.25) is 0 Å². The molecule has 0 spiro atoms. The van der Waals surface area contributed by atoms with Crippen molar-refractivity contribution in [1.29, 1.82) is 0 Å². The van der Waals surface area contributed by atoms with Crippen LogP contribution < -0.4 is 9.47 Å². The first-order chi connectivity index (χ1) is 9.12. The molecule has 0 radical (unpaired) electrons. The second kappa shape index (κ2) is 5.48. The van der Waals surface area contributed by atoms with E-state index in [1.54, 1.807) is 21.3 Å². The molecule has 19 heavy (non-hydrogen) atoms. The van der Waals surface area contributed by atoms with E-state index in [0.717, 1.165) is 12.0 Å². The third kappa shape index (κ3) is 2.66. The summed E-state index contributed by atoms with van der Waals surface area (Å²) in [6.45, 7) is 0. The van der Waals surface area contributed by atoms with Gasteiger partial charge in [0.2, 0.25) is 5.91 Å². The molecule has 2 atom stereocenters. The van der Waals surface area contributed by atoms with Gasteiger partial charge in [-0.25, -0.2) is 5.06 Å². The van der Waals surface area contributed by atoms with E-state index >= 15 is 0 Å².